The molecule has 0 bridgehead atoms. The highest BCUT2D eigenvalue weighted by atomic mass is 32.2. The molecule has 0 aromatic carbocycles. The van der Waals surface area contributed by atoms with Crippen LogP contribution in [0.1, 0.15) is 25.3 Å². The minimum atomic E-state index is -1.02. The highest BCUT2D eigenvalue weighted by molar-refractivity contribution is 7.98. The lowest BCUT2D eigenvalue weighted by atomic mass is 9.99. The molecule has 0 aliphatic carbocycles. The van der Waals surface area contributed by atoms with Crippen molar-refractivity contribution in [3.05, 3.63) is 22.4 Å². The first-order chi connectivity index (χ1) is 9.06. The van der Waals surface area contributed by atoms with E-state index < -0.39 is 5.60 Å². The highest BCUT2D eigenvalue weighted by Crippen LogP contribution is 2.21. The lowest BCUT2D eigenvalue weighted by Crippen LogP contribution is -2.43. The molecule has 108 valence electrons. The summed E-state index contributed by atoms with van der Waals surface area (Å²) in [5, 5.41) is 19.5. The Labute approximate surface area is 123 Å². The topological polar surface area (TPSA) is 61.4 Å². The average molecular weight is 302 g/mol. The standard InChI is InChI=1S/C13H22N2O2S2/c1-13(17,11-5-8-19-9-11)10-15-12(16)14-6-3-4-7-18-2/h5,8-9,17H,3-4,6-7,10H2,1-2H3,(H2,14,15,16). The van der Waals surface area contributed by atoms with Crippen LogP contribution in [0.5, 0.6) is 0 Å². The summed E-state index contributed by atoms with van der Waals surface area (Å²) < 4.78 is 0. The van der Waals surface area contributed by atoms with E-state index in [1.165, 1.54) is 11.3 Å². The third kappa shape index (κ3) is 6.31. The highest BCUT2D eigenvalue weighted by Gasteiger charge is 2.23. The van der Waals surface area contributed by atoms with Crippen LogP contribution in [-0.4, -0.2) is 36.2 Å². The zero-order valence-corrected chi connectivity index (χ0v) is 13.1. The molecule has 1 aromatic heterocycles. The van der Waals surface area contributed by atoms with Gasteiger partial charge in [0.1, 0.15) is 5.60 Å². The van der Waals surface area contributed by atoms with Gasteiger partial charge >= 0.3 is 6.03 Å². The number of rotatable bonds is 8. The molecule has 0 saturated carbocycles. The van der Waals surface area contributed by atoms with Gasteiger partial charge in [-0.2, -0.15) is 23.1 Å². The van der Waals surface area contributed by atoms with Crippen molar-refractivity contribution in [2.75, 3.05) is 25.1 Å². The summed E-state index contributed by atoms with van der Waals surface area (Å²) in [5.74, 6) is 1.12. The number of thiophene rings is 1. The van der Waals surface area contributed by atoms with Crippen molar-refractivity contribution in [2.24, 2.45) is 0 Å². The second kappa shape index (κ2) is 8.45. The van der Waals surface area contributed by atoms with Crippen molar-refractivity contribution in [1.29, 1.82) is 0 Å². The maximum absolute atomic E-state index is 11.6. The van der Waals surface area contributed by atoms with Crippen LogP contribution >= 0.6 is 23.1 Å². The van der Waals surface area contributed by atoms with E-state index in [1.807, 2.05) is 28.6 Å². The van der Waals surface area contributed by atoms with Crippen molar-refractivity contribution in [3.8, 4) is 0 Å². The van der Waals surface area contributed by atoms with E-state index in [4.69, 9.17) is 0 Å². The van der Waals surface area contributed by atoms with Crippen LogP contribution in [0.2, 0.25) is 0 Å². The Bertz CT molecular complexity index is 367. The Morgan fingerprint density at radius 1 is 1.47 bits per heavy atom. The number of urea groups is 1. The van der Waals surface area contributed by atoms with E-state index >= 15 is 0 Å². The lowest BCUT2D eigenvalue weighted by molar-refractivity contribution is 0.0598. The summed E-state index contributed by atoms with van der Waals surface area (Å²) in [6, 6.07) is 1.65. The van der Waals surface area contributed by atoms with Gasteiger partial charge in [0.25, 0.3) is 0 Å². The van der Waals surface area contributed by atoms with Crippen molar-refractivity contribution in [2.45, 2.75) is 25.4 Å². The lowest BCUT2D eigenvalue weighted by Gasteiger charge is -2.22. The van der Waals surface area contributed by atoms with E-state index in [0.717, 1.165) is 24.2 Å². The van der Waals surface area contributed by atoms with Gasteiger partial charge in [0.2, 0.25) is 0 Å². The fourth-order valence-corrected chi connectivity index (χ4v) is 2.84. The van der Waals surface area contributed by atoms with Gasteiger partial charge in [-0.15, -0.1) is 0 Å². The average Bonchev–Trinajstić information content (AvgIpc) is 2.91. The number of unbranched alkanes of at least 4 members (excludes halogenated alkanes) is 1. The first-order valence-corrected chi connectivity index (χ1v) is 8.65. The number of carbonyl (C=O) groups is 1. The molecule has 0 saturated heterocycles. The fourth-order valence-electron chi connectivity index (χ4n) is 1.56. The number of aliphatic hydroxyl groups is 1. The maximum atomic E-state index is 11.6. The zero-order chi connectivity index (χ0) is 14.1. The second-order valence-electron chi connectivity index (χ2n) is 4.60. The summed E-state index contributed by atoms with van der Waals surface area (Å²) in [6.45, 7) is 2.58. The van der Waals surface area contributed by atoms with Gasteiger partial charge in [-0.25, -0.2) is 4.79 Å². The van der Waals surface area contributed by atoms with Crippen LogP contribution in [0.15, 0.2) is 16.8 Å². The minimum absolute atomic E-state index is 0.209. The van der Waals surface area contributed by atoms with Crippen LogP contribution in [0, 0.1) is 0 Å². The molecule has 19 heavy (non-hydrogen) atoms. The maximum Gasteiger partial charge on any atom is 0.314 e. The molecule has 1 aromatic rings. The Hall–Kier alpha value is -0.720. The molecule has 1 unspecified atom stereocenters. The molecule has 1 atom stereocenters. The van der Waals surface area contributed by atoms with E-state index in [1.54, 1.807) is 6.92 Å². The molecular weight excluding hydrogens is 280 g/mol. The van der Waals surface area contributed by atoms with Gasteiger partial charge in [-0.05, 0) is 54.2 Å². The van der Waals surface area contributed by atoms with Gasteiger partial charge in [0.05, 0.1) is 6.54 Å². The zero-order valence-electron chi connectivity index (χ0n) is 11.4. The number of hydrogen-bond donors (Lipinski definition) is 3. The van der Waals surface area contributed by atoms with Crippen LogP contribution in [0.25, 0.3) is 0 Å². The minimum Gasteiger partial charge on any atom is -0.384 e. The van der Waals surface area contributed by atoms with Crippen molar-refractivity contribution in [1.82, 2.24) is 10.6 Å². The third-order valence-electron chi connectivity index (χ3n) is 2.80. The normalized spacial score (nSPS) is 13.8. The smallest absolute Gasteiger partial charge is 0.314 e. The van der Waals surface area contributed by atoms with Crippen molar-refractivity contribution >= 4 is 29.1 Å². The predicted octanol–water partition coefficient (Wildman–Crippen LogP) is 2.40. The number of hydrogen-bond acceptors (Lipinski definition) is 4. The number of thioether (sulfide) groups is 1. The summed E-state index contributed by atoms with van der Waals surface area (Å²) in [6.07, 6.45) is 4.16. The van der Waals surface area contributed by atoms with E-state index in [-0.39, 0.29) is 12.6 Å². The van der Waals surface area contributed by atoms with Gasteiger partial charge in [0, 0.05) is 6.54 Å². The quantitative estimate of drug-likeness (QED) is 0.646. The van der Waals surface area contributed by atoms with E-state index in [2.05, 4.69) is 16.9 Å². The summed E-state index contributed by atoms with van der Waals surface area (Å²) in [4.78, 5) is 11.6. The molecule has 0 aliphatic rings. The Kier molecular flexibility index (Phi) is 7.27. The SMILES string of the molecule is CSCCCCNC(=O)NCC(C)(O)c1ccsc1. The number of carbonyl (C=O) groups excluding carboxylic acids is 1. The van der Waals surface area contributed by atoms with Crippen LogP contribution < -0.4 is 10.6 Å². The molecule has 0 aliphatic heterocycles. The molecular formula is C13H22N2O2S2. The predicted molar refractivity (Wildman–Crippen MR) is 82.9 cm³/mol. The fraction of sp³-hybridized carbons (Fsp3) is 0.615. The monoisotopic (exact) mass is 302 g/mol. The second-order valence-corrected chi connectivity index (χ2v) is 6.36. The van der Waals surface area contributed by atoms with Crippen LogP contribution in [-0.2, 0) is 5.60 Å². The molecule has 1 heterocycles. The van der Waals surface area contributed by atoms with Gasteiger partial charge in [-0.3, -0.25) is 0 Å². The van der Waals surface area contributed by atoms with Crippen molar-refractivity contribution in [3.63, 3.8) is 0 Å². The third-order valence-corrected chi connectivity index (χ3v) is 4.18. The first kappa shape index (κ1) is 16.3. The first-order valence-electron chi connectivity index (χ1n) is 6.32. The van der Waals surface area contributed by atoms with Crippen LogP contribution in [0.3, 0.4) is 0 Å². The summed E-state index contributed by atoms with van der Waals surface area (Å²) >= 11 is 3.34. The summed E-state index contributed by atoms with van der Waals surface area (Å²) in [7, 11) is 0. The Balaban J connectivity index is 2.19. The molecule has 3 N–H and O–H groups in total. The largest absolute Gasteiger partial charge is 0.384 e. The van der Waals surface area contributed by atoms with E-state index in [0.29, 0.717) is 6.54 Å². The number of nitrogens with one attached hydrogen (secondary N) is 2. The van der Waals surface area contributed by atoms with Crippen molar-refractivity contribution < 1.29 is 9.90 Å². The summed E-state index contributed by atoms with van der Waals surface area (Å²) in [5.41, 5.74) is -0.186. The Morgan fingerprint density at radius 2 is 2.26 bits per heavy atom. The molecule has 2 amide bonds. The molecule has 0 radical (unpaired) electrons. The molecule has 0 spiro atoms. The molecule has 6 heteroatoms. The van der Waals surface area contributed by atoms with Crippen LogP contribution in [0.4, 0.5) is 4.79 Å². The van der Waals surface area contributed by atoms with Gasteiger partial charge in [0.15, 0.2) is 0 Å². The molecule has 4 nitrogen and oxygen atoms in total. The molecule has 1 rings (SSSR count). The molecule has 0 fully saturated rings. The Morgan fingerprint density at radius 3 is 2.89 bits per heavy atom. The van der Waals surface area contributed by atoms with E-state index in [9.17, 15) is 9.90 Å². The van der Waals surface area contributed by atoms with Gasteiger partial charge < -0.3 is 15.7 Å². The van der Waals surface area contributed by atoms with Gasteiger partial charge in [-0.1, -0.05) is 0 Å². The number of amides is 2.